The predicted octanol–water partition coefficient (Wildman–Crippen LogP) is 1.70. The first-order valence-electron chi connectivity index (χ1n) is 6.38. The number of aryl methyl sites for hydroxylation is 1. The van der Waals surface area contributed by atoms with Gasteiger partial charge in [-0.15, -0.1) is 0 Å². The lowest BCUT2D eigenvalue weighted by atomic mass is 10.2. The van der Waals surface area contributed by atoms with Crippen LogP contribution in [0.25, 0.3) is 0 Å². The molecular weight excluding hydrogens is 324 g/mol. The molecule has 0 aliphatic heterocycles. The summed E-state index contributed by atoms with van der Waals surface area (Å²) in [5.74, 6) is 0. The van der Waals surface area contributed by atoms with Crippen LogP contribution in [0.2, 0.25) is 0 Å². The largest absolute Gasteiger partial charge is 0.280 e. The molecule has 0 aliphatic carbocycles. The summed E-state index contributed by atoms with van der Waals surface area (Å²) in [4.78, 5) is -0.230. The molecule has 0 amide bonds. The van der Waals surface area contributed by atoms with Crippen molar-refractivity contribution in [2.24, 2.45) is 0 Å². The van der Waals surface area contributed by atoms with Gasteiger partial charge in [-0.3, -0.25) is 4.72 Å². The van der Waals surface area contributed by atoms with Gasteiger partial charge in [-0.05, 0) is 44.3 Å². The van der Waals surface area contributed by atoms with E-state index in [9.17, 15) is 16.8 Å². The lowest BCUT2D eigenvalue weighted by Crippen LogP contribution is -2.19. The van der Waals surface area contributed by atoms with Crippen molar-refractivity contribution in [2.75, 3.05) is 11.8 Å². The average Bonchev–Trinajstić information content (AvgIpc) is 2.49. The van der Waals surface area contributed by atoms with Gasteiger partial charge in [0.2, 0.25) is 10.0 Å². The Kier molecular flexibility index (Phi) is 4.55. The second-order valence-corrected chi connectivity index (χ2v) is 8.22. The molecule has 22 heavy (non-hydrogen) atoms. The topological polar surface area (TPSA) is 92.3 Å². The molecule has 2 N–H and O–H groups in total. The Morgan fingerprint density at radius 3 is 1.91 bits per heavy atom. The minimum atomic E-state index is -3.86. The molecule has 0 bridgehead atoms. The number of anilines is 1. The van der Waals surface area contributed by atoms with Gasteiger partial charge in [0.1, 0.15) is 0 Å². The van der Waals surface area contributed by atoms with Crippen LogP contribution in [0.3, 0.4) is 0 Å². The molecule has 0 radical (unpaired) electrons. The summed E-state index contributed by atoms with van der Waals surface area (Å²) >= 11 is 0. The van der Waals surface area contributed by atoms with Crippen LogP contribution in [0, 0.1) is 6.92 Å². The minimum Gasteiger partial charge on any atom is -0.280 e. The summed E-state index contributed by atoms with van der Waals surface area (Å²) in [5.41, 5.74) is 1.41. The number of nitrogens with one attached hydrogen (secondary N) is 2. The predicted molar refractivity (Wildman–Crippen MR) is 84.7 cm³/mol. The van der Waals surface area contributed by atoms with Crippen molar-refractivity contribution >= 4 is 25.7 Å². The Morgan fingerprint density at radius 2 is 1.36 bits per heavy atom. The fourth-order valence-corrected chi connectivity index (χ4v) is 3.72. The third-order valence-corrected chi connectivity index (χ3v) is 5.79. The van der Waals surface area contributed by atoms with E-state index in [0.29, 0.717) is 5.69 Å². The summed E-state index contributed by atoms with van der Waals surface area (Å²) in [7, 11) is -6.30. The van der Waals surface area contributed by atoms with Gasteiger partial charge in [0.15, 0.2) is 0 Å². The van der Waals surface area contributed by atoms with E-state index in [-0.39, 0.29) is 9.79 Å². The molecule has 2 rings (SSSR count). The number of rotatable bonds is 5. The van der Waals surface area contributed by atoms with Gasteiger partial charge in [0, 0.05) is 5.69 Å². The number of hydrogen-bond donors (Lipinski definition) is 2. The van der Waals surface area contributed by atoms with E-state index < -0.39 is 20.0 Å². The van der Waals surface area contributed by atoms with Crippen molar-refractivity contribution in [3.63, 3.8) is 0 Å². The van der Waals surface area contributed by atoms with Crippen LogP contribution in [0.5, 0.6) is 0 Å². The molecule has 0 saturated carbocycles. The van der Waals surface area contributed by atoms with Crippen molar-refractivity contribution in [1.82, 2.24) is 4.72 Å². The van der Waals surface area contributed by atoms with Crippen LogP contribution in [0.4, 0.5) is 5.69 Å². The maximum atomic E-state index is 12.3. The van der Waals surface area contributed by atoms with Gasteiger partial charge >= 0.3 is 0 Å². The molecular formula is C14H16N2O4S2. The second kappa shape index (κ2) is 6.07. The Bertz CT molecular complexity index is 873. The summed E-state index contributed by atoms with van der Waals surface area (Å²) < 4.78 is 52.7. The van der Waals surface area contributed by atoms with E-state index in [1.54, 1.807) is 24.3 Å². The highest BCUT2D eigenvalue weighted by atomic mass is 32.2. The van der Waals surface area contributed by atoms with Gasteiger partial charge < -0.3 is 0 Å². The Morgan fingerprint density at radius 1 is 0.818 bits per heavy atom. The molecule has 8 heteroatoms. The second-order valence-electron chi connectivity index (χ2n) is 4.65. The van der Waals surface area contributed by atoms with Crippen LogP contribution in [0.1, 0.15) is 5.56 Å². The summed E-state index contributed by atoms with van der Waals surface area (Å²) in [6.07, 6.45) is 0. The normalized spacial score (nSPS) is 12.1. The summed E-state index contributed by atoms with van der Waals surface area (Å²) in [6, 6.07) is 12.0. The van der Waals surface area contributed by atoms with Crippen molar-refractivity contribution < 1.29 is 16.8 Å². The molecule has 2 aromatic carbocycles. The van der Waals surface area contributed by atoms with Gasteiger partial charge in [-0.25, -0.2) is 21.6 Å². The van der Waals surface area contributed by atoms with E-state index >= 15 is 0 Å². The third kappa shape index (κ3) is 3.65. The van der Waals surface area contributed by atoms with Gasteiger partial charge in [0.25, 0.3) is 10.0 Å². The number of benzene rings is 2. The van der Waals surface area contributed by atoms with E-state index in [1.807, 2.05) is 6.92 Å². The molecule has 0 aliphatic rings. The van der Waals surface area contributed by atoms with Crippen LogP contribution in [0.15, 0.2) is 58.3 Å². The Labute approximate surface area is 130 Å². The molecule has 0 fully saturated rings. The van der Waals surface area contributed by atoms with Crippen molar-refractivity contribution in [1.29, 1.82) is 0 Å². The molecule has 0 saturated heterocycles. The van der Waals surface area contributed by atoms with Gasteiger partial charge in [-0.2, -0.15) is 0 Å². The maximum Gasteiger partial charge on any atom is 0.261 e. The highest BCUT2D eigenvalue weighted by Crippen LogP contribution is 2.19. The van der Waals surface area contributed by atoms with Crippen molar-refractivity contribution in [2.45, 2.75) is 16.7 Å². The fraction of sp³-hybridized carbons (Fsp3) is 0.143. The van der Waals surface area contributed by atoms with E-state index in [0.717, 1.165) is 11.6 Å². The van der Waals surface area contributed by atoms with Crippen LogP contribution >= 0.6 is 0 Å². The number of sulfonamides is 2. The molecule has 0 spiro atoms. The van der Waals surface area contributed by atoms with Gasteiger partial charge in [0.05, 0.1) is 9.79 Å². The molecule has 0 heterocycles. The summed E-state index contributed by atoms with van der Waals surface area (Å²) in [6.45, 7) is 1.89. The first-order chi connectivity index (χ1) is 10.2. The Balaban J connectivity index is 2.38. The summed E-state index contributed by atoms with van der Waals surface area (Å²) in [5, 5.41) is 0. The first-order valence-corrected chi connectivity index (χ1v) is 9.34. The lowest BCUT2D eigenvalue weighted by molar-refractivity contribution is 0.588. The lowest BCUT2D eigenvalue weighted by Gasteiger charge is -2.10. The molecule has 0 unspecified atom stereocenters. The standard InChI is InChI=1S/C14H16N2O4S2/c1-11-6-8-12(9-7-11)16-22(19,20)14-5-3-4-13(10-14)21(17,18)15-2/h3-10,15-16H,1-2H3. The van der Waals surface area contributed by atoms with Crippen LogP contribution in [-0.2, 0) is 20.0 Å². The van der Waals surface area contributed by atoms with Crippen molar-refractivity contribution in [3.8, 4) is 0 Å². The smallest absolute Gasteiger partial charge is 0.261 e. The quantitative estimate of drug-likeness (QED) is 0.866. The monoisotopic (exact) mass is 340 g/mol. The highest BCUT2D eigenvalue weighted by Gasteiger charge is 2.18. The fourth-order valence-electron chi connectivity index (χ4n) is 1.76. The molecule has 118 valence electrons. The zero-order valence-electron chi connectivity index (χ0n) is 12.1. The van der Waals surface area contributed by atoms with Crippen LogP contribution < -0.4 is 9.44 Å². The van der Waals surface area contributed by atoms with E-state index in [2.05, 4.69) is 9.44 Å². The maximum absolute atomic E-state index is 12.3. The van der Waals surface area contributed by atoms with Gasteiger partial charge in [-0.1, -0.05) is 23.8 Å². The van der Waals surface area contributed by atoms with E-state index in [4.69, 9.17) is 0 Å². The Hall–Kier alpha value is -1.90. The van der Waals surface area contributed by atoms with Crippen LogP contribution in [-0.4, -0.2) is 23.9 Å². The zero-order valence-corrected chi connectivity index (χ0v) is 13.7. The molecule has 6 nitrogen and oxygen atoms in total. The molecule has 2 aromatic rings. The SMILES string of the molecule is CNS(=O)(=O)c1cccc(S(=O)(=O)Nc2ccc(C)cc2)c1. The third-order valence-electron chi connectivity index (χ3n) is 3.00. The van der Waals surface area contributed by atoms with Crippen molar-refractivity contribution in [3.05, 3.63) is 54.1 Å². The average molecular weight is 340 g/mol. The molecule has 0 aromatic heterocycles. The zero-order chi connectivity index (χ0) is 16.4. The van der Waals surface area contributed by atoms with E-state index in [1.165, 1.54) is 25.2 Å². The number of hydrogen-bond acceptors (Lipinski definition) is 4. The molecule has 0 atom stereocenters. The first kappa shape index (κ1) is 16.5. The minimum absolute atomic E-state index is 0.109. The highest BCUT2D eigenvalue weighted by molar-refractivity contribution is 7.93.